The number of aliphatic carboxylic acids is 1. The highest BCUT2D eigenvalue weighted by Crippen LogP contribution is 2.68. The fourth-order valence-electron chi connectivity index (χ4n) is 7.12. The fraction of sp³-hybridized carbons (Fsp3) is 0.944. The van der Waals surface area contributed by atoms with Gasteiger partial charge in [0, 0.05) is 0 Å². The van der Waals surface area contributed by atoms with Gasteiger partial charge < -0.3 is 5.11 Å². The first-order valence-electron chi connectivity index (χ1n) is 8.75. The van der Waals surface area contributed by atoms with Crippen LogP contribution in [0.15, 0.2) is 0 Å². The second-order valence-corrected chi connectivity index (χ2v) is 8.54. The summed E-state index contributed by atoms with van der Waals surface area (Å²) in [6, 6.07) is 0. The van der Waals surface area contributed by atoms with Gasteiger partial charge in [0.25, 0.3) is 0 Å². The molecule has 0 radical (unpaired) electrons. The Balaban J connectivity index is 1.70. The Labute approximate surface area is 122 Å². The van der Waals surface area contributed by atoms with Gasteiger partial charge in [0.2, 0.25) is 0 Å². The van der Waals surface area contributed by atoms with Crippen LogP contribution in [0.2, 0.25) is 0 Å². The molecule has 6 rings (SSSR count). The molecular formula is C18H28O2. The number of carbonyl (C=O) groups is 1. The van der Waals surface area contributed by atoms with Crippen LogP contribution < -0.4 is 0 Å². The zero-order valence-corrected chi connectivity index (χ0v) is 12.8. The normalized spacial score (nSPS) is 54.5. The molecule has 0 aliphatic heterocycles. The Morgan fingerprint density at radius 2 is 1.55 bits per heavy atom. The fourth-order valence-corrected chi connectivity index (χ4v) is 7.12. The van der Waals surface area contributed by atoms with Crippen LogP contribution in [0.3, 0.4) is 0 Å². The summed E-state index contributed by atoms with van der Waals surface area (Å²) < 4.78 is 0. The van der Waals surface area contributed by atoms with Crippen molar-refractivity contribution in [2.45, 2.75) is 58.8 Å². The molecule has 0 aromatic carbocycles. The molecule has 6 atom stereocenters. The van der Waals surface area contributed by atoms with Gasteiger partial charge in [-0.1, -0.05) is 13.8 Å². The average Bonchev–Trinajstić information content (AvgIpc) is 2.48. The second-order valence-electron chi connectivity index (χ2n) is 8.54. The smallest absolute Gasteiger partial charge is 0.306 e. The average molecular weight is 276 g/mol. The summed E-state index contributed by atoms with van der Waals surface area (Å²) in [4.78, 5) is 11.6. The van der Waals surface area contributed by atoms with Gasteiger partial charge in [-0.15, -0.1) is 0 Å². The Hall–Kier alpha value is -0.530. The summed E-state index contributed by atoms with van der Waals surface area (Å²) in [5, 5.41) is 9.56. The lowest BCUT2D eigenvalue weighted by Crippen LogP contribution is -2.60. The molecule has 6 unspecified atom stereocenters. The molecule has 6 fully saturated rings. The molecule has 1 N–H and O–H groups in total. The van der Waals surface area contributed by atoms with E-state index in [1.807, 2.05) is 6.92 Å². The van der Waals surface area contributed by atoms with Gasteiger partial charge in [-0.05, 0) is 85.9 Å². The Morgan fingerprint density at radius 1 is 1.00 bits per heavy atom. The van der Waals surface area contributed by atoms with Crippen molar-refractivity contribution in [3.63, 3.8) is 0 Å². The summed E-state index contributed by atoms with van der Waals surface area (Å²) in [7, 11) is 0. The van der Waals surface area contributed by atoms with Crippen molar-refractivity contribution in [1.29, 1.82) is 0 Å². The van der Waals surface area contributed by atoms with Crippen LogP contribution in [0, 0.1) is 46.8 Å². The molecule has 2 heteroatoms. The van der Waals surface area contributed by atoms with E-state index in [4.69, 9.17) is 0 Å². The molecule has 0 saturated heterocycles. The molecular weight excluding hydrogens is 248 g/mol. The van der Waals surface area contributed by atoms with Crippen molar-refractivity contribution in [3.8, 4) is 0 Å². The number of fused-ring (bicyclic) bond motifs is 4. The number of hydrogen-bond acceptors (Lipinski definition) is 1. The van der Waals surface area contributed by atoms with Crippen molar-refractivity contribution < 1.29 is 9.90 Å². The lowest BCUT2D eigenvalue weighted by Gasteiger charge is -2.66. The van der Waals surface area contributed by atoms with E-state index in [0.29, 0.717) is 5.92 Å². The van der Waals surface area contributed by atoms with Gasteiger partial charge in [0.15, 0.2) is 0 Å². The van der Waals surface area contributed by atoms with Crippen molar-refractivity contribution in [2.75, 3.05) is 0 Å². The standard InChI is InChI=1S/C18H28O2/c1-10(17(19)20)18(2)9-13-7-8-14(18)16-12-5-3-11(4-6-12)15(13)16/h10-16H,3-9H2,1-2H3,(H,19,20). The molecule has 112 valence electrons. The number of carboxylic acid groups (broad SMARTS) is 1. The highest BCUT2D eigenvalue weighted by Gasteiger charge is 2.62. The maximum Gasteiger partial charge on any atom is 0.306 e. The summed E-state index contributed by atoms with van der Waals surface area (Å²) in [5.74, 6) is 4.55. The maximum absolute atomic E-state index is 11.6. The predicted molar refractivity (Wildman–Crippen MR) is 78.2 cm³/mol. The van der Waals surface area contributed by atoms with Crippen LogP contribution in [0.1, 0.15) is 58.8 Å². The van der Waals surface area contributed by atoms with Crippen molar-refractivity contribution in [3.05, 3.63) is 0 Å². The first-order valence-corrected chi connectivity index (χ1v) is 8.75. The molecule has 2 nitrogen and oxygen atoms in total. The predicted octanol–water partition coefficient (Wildman–Crippen LogP) is 4.20. The second kappa shape index (κ2) is 4.24. The number of rotatable bonds is 2. The lowest BCUT2D eigenvalue weighted by molar-refractivity contribution is -0.187. The van der Waals surface area contributed by atoms with Gasteiger partial charge >= 0.3 is 5.97 Å². The Morgan fingerprint density at radius 3 is 2.15 bits per heavy atom. The molecule has 4 bridgehead atoms. The summed E-state index contributed by atoms with van der Waals surface area (Å²) in [6.07, 6.45) is 9.70. The first-order chi connectivity index (χ1) is 9.52. The van der Waals surface area contributed by atoms with E-state index < -0.39 is 5.97 Å². The maximum atomic E-state index is 11.6. The van der Waals surface area contributed by atoms with E-state index >= 15 is 0 Å². The minimum atomic E-state index is -0.572. The van der Waals surface area contributed by atoms with Crippen molar-refractivity contribution in [2.24, 2.45) is 46.8 Å². The minimum Gasteiger partial charge on any atom is -0.481 e. The molecule has 0 spiro atoms. The first kappa shape index (κ1) is 13.2. The van der Waals surface area contributed by atoms with Gasteiger partial charge in [-0.2, -0.15) is 0 Å². The quantitative estimate of drug-likeness (QED) is 0.821. The topological polar surface area (TPSA) is 37.3 Å². The third-order valence-corrected chi connectivity index (χ3v) is 8.12. The van der Waals surface area contributed by atoms with Crippen LogP contribution >= 0.6 is 0 Å². The SMILES string of the molecule is CC(C(=O)O)C1(C)CC2CCC1C1C3CCC(CC3)C21. The van der Waals surface area contributed by atoms with Gasteiger partial charge in [-0.25, -0.2) is 0 Å². The number of carboxylic acids is 1. The highest BCUT2D eigenvalue weighted by molar-refractivity contribution is 5.70. The van der Waals surface area contributed by atoms with E-state index in [2.05, 4.69) is 6.92 Å². The summed E-state index contributed by atoms with van der Waals surface area (Å²) in [6.45, 7) is 4.28. The number of hydrogen-bond donors (Lipinski definition) is 1. The molecule has 0 aromatic heterocycles. The summed E-state index contributed by atoms with van der Waals surface area (Å²) >= 11 is 0. The van der Waals surface area contributed by atoms with E-state index in [9.17, 15) is 9.90 Å². The van der Waals surface area contributed by atoms with Crippen LogP contribution in [0.4, 0.5) is 0 Å². The van der Waals surface area contributed by atoms with Crippen LogP contribution in [-0.4, -0.2) is 11.1 Å². The zero-order valence-electron chi connectivity index (χ0n) is 12.8. The van der Waals surface area contributed by atoms with E-state index in [1.54, 1.807) is 0 Å². The molecule has 6 saturated carbocycles. The molecule has 0 heterocycles. The molecule has 0 amide bonds. The van der Waals surface area contributed by atoms with E-state index in [0.717, 1.165) is 29.6 Å². The Bertz CT molecular complexity index is 423. The van der Waals surface area contributed by atoms with Crippen LogP contribution in [-0.2, 0) is 4.79 Å². The lowest BCUT2D eigenvalue weighted by atomic mass is 9.38. The van der Waals surface area contributed by atoms with Gasteiger partial charge in [0.1, 0.15) is 0 Å². The third kappa shape index (κ3) is 1.54. The molecule has 6 aliphatic rings. The Kier molecular flexibility index (Phi) is 2.79. The molecule has 6 aliphatic carbocycles. The highest BCUT2D eigenvalue weighted by atomic mass is 16.4. The molecule has 0 aromatic rings. The van der Waals surface area contributed by atoms with E-state index in [-0.39, 0.29) is 11.3 Å². The van der Waals surface area contributed by atoms with Crippen molar-refractivity contribution >= 4 is 5.97 Å². The summed E-state index contributed by atoms with van der Waals surface area (Å²) in [5.41, 5.74) is 0.0629. The van der Waals surface area contributed by atoms with Gasteiger partial charge in [0.05, 0.1) is 5.92 Å². The monoisotopic (exact) mass is 276 g/mol. The van der Waals surface area contributed by atoms with E-state index in [1.165, 1.54) is 44.9 Å². The zero-order chi connectivity index (χ0) is 14.1. The van der Waals surface area contributed by atoms with Gasteiger partial charge in [-0.3, -0.25) is 4.79 Å². The van der Waals surface area contributed by atoms with Crippen LogP contribution in [0.5, 0.6) is 0 Å². The minimum absolute atomic E-state index is 0.0629. The molecule has 20 heavy (non-hydrogen) atoms. The van der Waals surface area contributed by atoms with Crippen molar-refractivity contribution in [1.82, 2.24) is 0 Å². The van der Waals surface area contributed by atoms with Crippen LogP contribution in [0.25, 0.3) is 0 Å². The third-order valence-electron chi connectivity index (χ3n) is 8.12. The largest absolute Gasteiger partial charge is 0.481 e.